The Morgan fingerprint density at radius 3 is 2.59 bits per heavy atom. The maximum Gasteiger partial charge on any atom is 0.337 e. The van der Waals surface area contributed by atoms with Crippen molar-refractivity contribution >= 4 is 11.7 Å². The highest BCUT2D eigenvalue weighted by molar-refractivity contribution is 5.96. The predicted octanol–water partition coefficient (Wildman–Crippen LogP) is 3.04. The minimum absolute atomic E-state index is 0.00414. The second-order valence-corrected chi connectivity index (χ2v) is 4.88. The smallest absolute Gasteiger partial charge is 0.337 e. The molecular weight excluding hydrogens is 287 g/mol. The van der Waals surface area contributed by atoms with Gasteiger partial charge >= 0.3 is 5.97 Å². The predicted molar refractivity (Wildman–Crippen MR) is 82.8 cm³/mol. The molecule has 1 rings (SSSR count). The maximum atomic E-state index is 13.6. The number of nitrogens with two attached hydrogens (primary N) is 1. The van der Waals surface area contributed by atoms with Gasteiger partial charge in [0.25, 0.3) is 0 Å². The first-order chi connectivity index (χ1) is 10.4. The van der Waals surface area contributed by atoms with E-state index in [-0.39, 0.29) is 17.9 Å². The quantitative estimate of drug-likeness (QED) is 0.460. The molecule has 22 heavy (non-hydrogen) atoms. The van der Waals surface area contributed by atoms with Gasteiger partial charge in [-0.05, 0) is 50.5 Å². The summed E-state index contributed by atoms with van der Waals surface area (Å²) in [6, 6.07) is 3.82. The van der Waals surface area contributed by atoms with Gasteiger partial charge in [-0.15, -0.1) is 0 Å². The zero-order valence-corrected chi connectivity index (χ0v) is 13.0. The number of carbonyl (C=O) groups excluding carboxylic acids is 1. The zero-order chi connectivity index (χ0) is 16.7. The van der Waals surface area contributed by atoms with Crippen molar-refractivity contribution in [3.05, 3.63) is 40.8 Å². The number of methoxy groups -OCH3 is 1. The van der Waals surface area contributed by atoms with Gasteiger partial charge in [0.05, 0.1) is 19.3 Å². The van der Waals surface area contributed by atoms with Gasteiger partial charge in [-0.25, -0.2) is 9.18 Å². The lowest BCUT2D eigenvalue weighted by Crippen LogP contribution is -2.08. The van der Waals surface area contributed by atoms with Crippen LogP contribution in [0, 0.1) is 11.2 Å². The number of hydrogen-bond acceptors (Lipinski definition) is 5. The number of nitrogens with one attached hydrogen (secondary N) is 1. The molecule has 0 heterocycles. The summed E-state index contributed by atoms with van der Waals surface area (Å²) in [5, 5.41) is 7.62. The van der Waals surface area contributed by atoms with Crippen LogP contribution in [0.2, 0.25) is 0 Å². The summed E-state index contributed by atoms with van der Waals surface area (Å²) in [4.78, 5) is 11.4. The zero-order valence-electron chi connectivity index (χ0n) is 13.0. The van der Waals surface area contributed by atoms with Crippen LogP contribution in [-0.4, -0.2) is 25.4 Å². The van der Waals surface area contributed by atoms with Crippen LogP contribution in [0.5, 0.6) is 5.75 Å². The number of benzene rings is 1. The number of allylic oxidation sites excluding steroid dienone is 2. The highest BCUT2D eigenvalue weighted by atomic mass is 19.1. The number of halogens is 1. The van der Waals surface area contributed by atoms with Gasteiger partial charge in [0.1, 0.15) is 0 Å². The van der Waals surface area contributed by atoms with Crippen molar-refractivity contribution in [3.63, 3.8) is 0 Å². The number of hydrogen-bond donors (Lipinski definition) is 2. The fourth-order valence-corrected chi connectivity index (χ4v) is 1.97. The molecule has 0 atom stereocenters. The second-order valence-electron chi connectivity index (χ2n) is 4.88. The van der Waals surface area contributed by atoms with Crippen molar-refractivity contribution in [2.45, 2.75) is 26.7 Å². The second kappa shape index (κ2) is 8.17. The van der Waals surface area contributed by atoms with Crippen LogP contribution in [0.3, 0.4) is 0 Å². The minimum atomic E-state index is -0.548. The van der Waals surface area contributed by atoms with E-state index < -0.39 is 11.8 Å². The summed E-state index contributed by atoms with van der Waals surface area (Å²) < 4.78 is 23.6. The van der Waals surface area contributed by atoms with E-state index in [2.05, 4.69) is 4.74 Å². The lowest BCUT2D eigenvalue weighted by molar-refractivity contribution is 0.0600. The molecule has 0 aliphatic rings. The number of esters is 1. The molecule has 0 saturated carbocycles. The van der Waals surface area contributed by atoms with Gasteiger partial charge in [0.15, 0.2) is 11.6 Å². The Balaban J connectivity index is 2.64. The third kappa shape index (κ3) is 4.87. The average molecular weight is 308 g/mol. The Kier molecular flexibility index (Phi) is 6.56. The molecule has 1 aromatic rings. The molecule has 1 aromatic carbocycles. The minimum Gasteiger partial charge on any atom is -0.490 e. The number of carbonyl (C=O) groups is 1. The fraction of sp³-hybridized carbons (Fsp3) is 0.375. The van der Waals surface area contributed by atoms with Crippen LogP contribution in [0.4, 0.5) is 4.39 Å². The molecule has 0 aliphatic heterocycles. The molecule has 0 aromatic heterocycles. The van der Waals surface area contributed by atoms with Crippen LogP contribution in [0.1, 0.15) is 37.0 Å². The van der Waals surface area contributed by atoms with E-state index in [1.165, 1.54) is 25.3 Å². The first-order valence-corrected chi connectivity index (χ1v) is 6.88. The SMILES string of the molecule is COC(=O)c1ccc(F)c(OCCCC(C(C)=N)=C(C)N)c1. The van der Waals surface area contributed by atoms with Crippen LogP contribution < -0.4 is 10.5 Å². The highest BCUT2D eigenvalue weighted by Gasteiger charge is 2.11. The normalized spacial score (nSPS) is 11.6. The standard InChI is InChI=1S/C16H21FN2O3/c1-10(18)13(11(2)19)5-4-8-22-15-9-12(16(20)21-3)6-7-14(15)17/h6-7,9,18H,4-5,8,19H2,1-3H3. The lowest BCUT2D eigenvalue weighted by Gasteiger charge is -2.11. The third-order valence-corrected chi connectivity index (χ3v) is 3.11. The van der Waals surface area contributed by atoms with E-state index in [0.29, 0.717) is 24.3 Å². The van der Waals surface area contributed by atoms with E-state index in [1.54, 1.807) is 13.8 Å². The molecule has 0 aliphatic carbocycles. The molecule has 0 saturated heterocycles. The summed E-state index contributed by atoms with van der Waals surface area (Å²) in [6.45, 7) is 3.67. The summed E-state index contributed by atoms with van der Waals surface area (Å²) in [5.74, 6) is -1.08. The first kappa shape index (κ1) is 17.7. The van der Waals surface area contributed by atoms with E-state index in [9.17, 15) is 9.18 Å². The van der Waals surface area contributed by atoms with E-state index in [0.717, 1.165) is 5.57 Å². The molecule has 0 radical (unpaired) electrons. The fourth-order valence-electron chi connectivity index (χ4n) is 1.97. The molecule has 0 fully saturated rings. The van der Waals surface area contributed by atoms with Crippen molar-refractivity contribution in [1.29, 1.82) is 5.41 Å². The van der Waals surface area contributed by atoms with Gasteiger partial charge < -0.3 is 20.6 Å². The molecular formula is C16H21FN2O3. The van der Waals surface area contributed by atoms with Crippen molar-refractivity contribution in [1.82, 2.24) is 0 Å². The van der Waals surface area contributed by atoms with E-state index >= 15 is 0 Å². The molecule has 120 valence electrons. The summed E-state index contributed by atoms with van der Waals surface area (Å²) in [5.41, 5.74) is 7.73. The number of rotatable bonds is 7. The molecule has 3 N–H and O–H groups in total. The molecule has 0 amide bonds. The molecule has 0 unspecified atom stereocenters. The largest absolute Gasteiger partial charge is 0.490 e. The van der Waals surface area contributed by atoms with Crippen molar-refractivity contribution in [2.24, 2.45) is 5.73 Å². The summed E-state index contributed by atoms with van der Waals surface area (Å²) in [6.07, 6.45) is 1.16. The van der Waals surface area contributed by atoms with Gasteiger partial charge in [-0.3, -0.25) is 0 Å². The Hall–Kier alpha value is -2.37. The van der Waals surface area contributed by atoms with Crippen LogP contribution in [0.25, 0.3) is 0 Å². The first-order valence-electron chi connectivity index (χ1n) is 6.88. The van der Waals surface area contributed by atoms with E-state index in [4.69, 9.17) is 15.9 Å². The van der Waals surface area contributed by atoms with Gasteiger partial charge in [0, 0.05) is 11.4 Å². The summed E-state index contributed by atoms with van der Waals surface area (Å²) >= 11 is 0. The lowest BCUT2D eigenvalue weighted by atomic mass is 10.0. The molecule has 6 heteroatoms. The average Bonchev–Trinajstić information content (AvgIpc) is 2.47. The Morgan fingerprint density at radius 1 is 1.36 bits per heavy atom. The Labute approximate surface area is 129 Å². The van der Waals surface area contributed by atoms with Crippen molar-refractivity contribution < 1.29 is 18.7 Å². The van der Waals surface area contributed by atoms with Crippen LogP contribution in [-0.2, 0) is 4.74 Å². The maximum absolute atomic E-state index is 13.6. The van der Waals surface area contributed by atoms with Gasteiger partial charge in [-0.2, -0.15) is 0 Å². The topological polar surface area (TPSA) is 85.4 Å². The number of ether oxygens (including phenoxy) is 2. The molecule has 5 nitrogen and oxygen atoms in total. The van der Waals surface area contributed by atoms with Gasteiger partial charge in [-0.1, -0.05) is 0 Å². The van der Waals surface area contributed by atoms with E-state index in [1.807, 2.05) is 0 Å². The van der Waals surface area contributed by atoms with Crippen molar-refractivity contribution in [3.8, 4) is 5.75 Å². The van der Waals surface area contributed by atoms with Crippen molar-refractivity contribution in [2.75, 3.05) is 13.7 Å². The Bertz CT molecular complexity index is 593. The summed E-state index contributed by atoms with van der Waals surface area (Å²) in [7, 11) is 1.26. The van der Waals surface area contributed by atoms with Crippen LogP contribution in [0.15, 0.2) is 29.5 Å². The highest BCUT2D eigenvalue weighted by Crippen LogP contribution is 2.20. The molecule has 0 bridgehead atoms. The monoisotopic (exact) mass is 308 g/mol. The van der Waals surface area contributed by atoms with Gasteiger partial charge in [0.2, 0.25) is 0 Å². The van der Waals surface area contributed by atoms with Crippen LogP contribution >= 0.6 is 0 Å². The Morgan fingerprint density at radius 2 is 2.05 bits per heavy atom. The molecule has 0 spiro atoms. The third-order valence-electron chi connectivity index (χ3n) is 3.11.